The van der Waals surface area contributed by atoms with E-state index >= 15 is 0 Å². The van der Waals surface area contributed by atoms with Crippen LogP contribution in [0.15, 0.2) is 29.3 Å². The number of rotatable bonds is 1. The Morgan fingerprint density at radius 3 is 2.80 bits per heavy atom. The molecule has 0 saturated carbocycles. The van der Waals surface area contributed by atoms with E-state index in [0.29, 0.717) is 0 Å². The minimum atomic E-state index is -0.621. The van der Waals surface area contributed by atoms with Crippen molar-refractivity contribution in [1.29, 1.82) is 5.26 Å². The third-order valence-corrected chi connectivity index (χ3v) is 1.56. The number of nitriles is 1. The molecule has 0 radical (unpaired) electrons. The van der Waals surface area contributed by atoms with Gasteiger partial charge in [-0.1, -0.05) is 12.1 Å². The molecular formula is C9H8N4O2. The topological polar surface area (TPSA) is 112 Å². The smallest absolute Gasteiger partial charge is 0.261 e. The largest absolute Gasteiger partial charge is 0.507 e. The minimum absolute atomic E-state index is 0.0635. The van der Waals surface area contributed by atoms with Gasteiger partial charge in [0.2, 0.25) is 12.2 Å². The summed E-state index contributed by atoms with van der Waals surface area (Å²) in [5.74, 6) is -1.10. The summed E-state index contributed by atoms with van der Waals surface area (Å²) in [5.41, 5.74) is 5.25. The van der Waals surface area contributed by atoms with Gasteiger partial charge in [-0.15, -0.1) is 4.99 Å². The zero-order valence-electron chi connectivity index (χ0n) is 7.64. The zero-order chi connectivity index (χ0) is 11.3. The van der Waals surface area contributed by atoms with Crippen LogP contribution >= 0.6 is 0 Å². The Morgan fingerprint density at radius 1 is 1.53 bits per heavy atom. The molecule has 1 aromatic rings. The summed E-state index contributed by atoms with van der Waals surface area (Å²) >= 11 is 0. The normalized spacial score (nSPS) is 10.5. The minimum Gasteiger partial charge on any atom is -0.507 e. The molecule has 6 nitrogen and oxygen atoms in total. The first-order valence-electron chi connectivity index (χ1n) is 3.96. The number of aromatic hydroxyl groups is 1. The predicted octanol–water partition coefficient (Wildman–Crippen LogP) is -0.0822. The molecule has 6 heteroatoms. The van der Waals surface area contributed by atoms with Crippen LogP contribution in [0.25, 0.3) is 0 Å². The van der Waals surface area contributed by atoms with E-state index in [2.05, 4.69) is 10.3 Å². The molecule has 0 aliphatic carbocycles. The monoisotopic (exact) mass is 204 g/mol. The maximum absolute atomic E-state index is 11.4. The van der Waals surface area contributed by atoms with Gasteiger partial charge in [-0.3, -0.25) is 10.1 Å². The molecule has 15 heavy (non-hydrogen) atoms. The van der Waals surface area contributed by atoms with Crippen molar-refractivity contribution in [2.75, 3.05) is 0 Å². The third kappa shape index (κ3) is 2.70. The van der Waals surface area contributed by atoms with E-state index in [1.54, 1.807) is 12.1 Å². The zero-order valence-corrected chi connectivity index (χ0v) is 7.64. The van der Waals surface area contributed by atoms with E-state index in [1.165, 1.54) is 18.3 Å². The Bertz CT molecular complexity index is 448. The number of para-hydroxylation sites is 1. The van der Waals surface area contributed by atoms with Crippen LogP contribution in [0, 0.1) is 11.5 Å². The van der Waals surface area contributed by atoms with Crippen molar-refractivity contribution in [3.63, 3.8) is 0 Å². The molecule has 0 heterocycles. The average molecular weight is 204 g/mol. The van der Waals surface area contributed by atoms with Gasteiger partial charge < -0.3 is 10.8 Å². The summed E-state index contributed by atoms with van der Waals surface area (Å²) in [6.45, 7) is 0. The van der Waals surface area contributed by atoms with Gasteiger partial charge in [0, 0.05) is 0 Å². The van der Waals surface area contributed by atoms with Crippen LogP contribution in [0.1, 0.15) is 10.4 Å². The molecule has 0 unspecified atom stereocenters. The molecule has 0 fully saturated rings. The van der Waals surface area contributed by atoms with Crippen LogP contribution in [-0.4, -0.2) is 17.0 Å². The maximum Gasteiger partial charge on any atom is 0.261 e. The number of phenolic OH excluding ortho intramolecular Hbond substituents is 1. The van der Waals surface area contributed by atoms with Gasteiger partial charge in [-0.2, -0.15) is 5.26 Å². The summed E-state index contributed by atoms with van der Waals surface area (Å²) in [6, 6.07) is 5.96. The van der Waals surface area contributed by atoms with Gasteiger partial charge in [0.25, 0.3) is 5.91 Å². The summed E-state index contributed by atoms with van der Waals surface area (Å²) in [4.78, 5) is 14.5. The van der Waals surface area contributed by atoms with E-state index in [1.807, 2.05) is 0 Å². The number of benzene rings is 1. The average Bonchev–Trinajstić information content (AvgIpc) is 2.18. The second-order valence-corrected chi connectivity index (χ2v) is 2.57. The number of amides is 1. The summed E-state index contributed by atoms with van der Waals surface area (Å²) in [5, 5.41) is 19.6. The lowest BCUT2D eigenvalue weighted by Gasteiger charge is -2.04. The van der Waals surface area contributed by atoms with Crippen LogP contribution in [0.3, 0.4) is 0 Å². The van der Waals surface area contributed by atoms with E-state index in [0.717, 1.165) is 0 Å². The molecule has 0 aliphatic rings. The Balaban J connectivity index is 2.84. The molecule has 1 amide bonds. The molecule has 1 rings (SSSR count). The molecule has 0 spiro atoms. The lowest BCUT2D eigenvalue weighted by molar-refractivity contribution is 0.0974. The van der Waals surface area contributed by atoms with Crippen molar-refractivity contribution >= 4 is 11.9 Å². The molecule has 0 atom stereocenters. The van der Waals surface area contributed by atoms with Crippen molar-refractivity contribution in [2.24, 2.45) is 10.7 Å². The van der Waals surface area contributed by atoms with Crippen molar-refractivity contribution in [3.8, 4) is 11.9 Å². The Kier molecular flexibility index (Phi) is 3.24. The Morgan fingerprint density at radius 2 is 2.20 bits per heavy atom. The van der Waals surface area contributed by atoms with Crippen LogP contribution in [-0.2, 0) is 0 Å². The van der Waals surface area contributed by atoms with E-state index in [4.69, 9.17) is 11.0 Å². The van der Waals surface area contributed by atoms with Crippen LogP contribution in [0.5, 0.6) is 5.75 Å². The number of hydrogen-bond acceptors (Lipinski definition) is 4. The fourth-order valence-electron chi connectivity index (χ4n) is 0.931. The molecule has 0 saturated heterocycles. The maximum atomic E-state index is 11.4. The summed E-state index contributed by atoms with van der Waals surface area (Å²) < 4.78 is 0. The predicted molar refractivity (Wildman–Crippen MR) is 52.8 cm³/mol. The van der Waals surface area contributed by atoms with E-state index < -0.39 is 5.91 Å². The highest BCUT2D eigenvalue weighted by Crippen LogP contribution is 2.14. The van der Waals surface area contributed by atoms with E-state index in [-0.39, 0.29) is 17.3 Å². The van der Waals surface area contributed by atoms with Gasteiger partial charge in [0.05, 0.1) is 5.56 Å². The lowest BCUT2D eigenvalue weighted by Crippen LogP contribution is -2.36. The second-order valence-electron chi connectivity index (χ2n) is 2.57. The highest BCUT2D eigenvalue weighted by Gasteiger charge is 2.10. The number of nitrogens with zero attached hydrogens (tertiary/aromatic N) is 2. The number of carbonyl (C=O) groups is 1. The number of aliphatic imine (C=N–C) groups is 1. The number of hydrogen-bond donors (Lipinski definition) is 3. The summed E-state index contributed by atoms with van der Waals surface area (Å²) in [7, 11) is 0. The quantitative estimate of drug-likeness (QED) is 0.337. The number of carbonyl (C=O) groups excluding carboxylic acids is 1. The van der Waals surface area contributed by atoms with Gasteiger partial charge in [-0.05, 0) is 12.1 Å². The van der Waals surface area contributed by atoms with Gasteiger partial charge >= 0.3 is 0 Å². The number of phenols is 1. The number of nitrogens with two attached hydrogens (primary N) is 1. The van der Waals surface area contributed by atoms with Crippen molar-refractivity contribution in [2.45, 2.75) is 0 Å². The Labute approximate surface area is 85.7 Å². The first-order chi connectivity index (χ1) is 7.15. The molecule has 4 N–H and O–H groups in total. The molecule has 76 valence electrons. The van der Waals surface area contributed by atoms with Crippen LogP contribution in [0.4, 0.5) is 0 Å². The van der Waals surface area contributed by atoms with Crippen LogP contribution in [0.2, 0.25) is 0 Å². The molecule has 0 aliphatic heterocycles. The SMILES string of the molecule is N#CN=C(N)NC(=O)c1ccccc1O. The fraction of sp³-hybridized carbons (Fsp3) is 0. The molecule has 1 aromatic carbocycles. The fourth-order valence-corrected chi connectivity index (χ4v) is 0.931. The van der Waals surface area contributed by atoms with Crippen molar-refractivity contribution in [1.82, 2.24) is 5.32 Å². The van der Waals surface area contributed by atoms with Gasteiger partial charge in [-0.25, -0.2) is 0 Å². The molecule has 0 aromatic heterocycles. The van der Waals surface area contributed by atoms with E-state index in [9.17, 15) is 9.90 Å². The first kappa shape index (κ1) is 10.5. The van der Waals surface area contributed by atoms with Crippen molar-refractivity contribution in [3.05, 3.63) is 29.8 Å². The second kappa shape index (κ2) is 4.62. The van der Waals surface area contributed by atoms with Gasteiger partial charge in [0.1, 0.15) is 5.75 Å². The number of nitrogens with one attached hydrogen (secondary N) is 1. The summed E-state index contributed by atoms with van der Waals surface area (Å²) in [6.07, 6.45) is 1.42. The Hall–Kier alpha value is -2.55. The standard InChI is InChI=1S/C9H8N4O2/c10-5-12-9(11)13-8(15)6-3-1-2-4-7(6)14/h1-4,14H,(H3,11,12,13,15). The van der Waals surface area contributed by atoms with Crippen molar-refractivity contribution < 1.29 is 9.90 Å². The molecule has 0 bridgehead atoms. The molecular weight excluding hydrogens is 196 g/mol. The third-order valence-electron chi connectivity index (χ3n) is 1.56. The highest BCUT2D eigenvalue weighted by atomic mass is 16.3. The number of guanidine groups is 1. The van der Waals surface area contributed by atoms with Crippen LogP contribution < -0.4 is 11.1 Å². The van der Waals surface area contributed by atoms with Gasteiger partial charge in [0.15, 0.2) is 0 Å². The highest BCUT2D eigenvalue weighted by molar-refractivity contribution is 6.06. The first-order valence-corrected chi connectivity index (χ1v) is 3.96. The lowest BCUT2D eigenvalue weighted by atomic mass is 10.2.